The normalized spacial score (nSPS) is 25.8. The Hall–Kier alpha value is -2.73. The van der Waals surface area contributed by atoms with Crippen molar-refractivity contribution in [2.45, 2.75) is 65.5 Å². The van der Waals surface area contributed by atoms with Gasteiger partial charge in [0.25, 0.3) is 0 Å². The number of carbonyl (C=O) groups excluding carboxylic acids is 1. The average Bonchev–Trinajstić information content (AvgIpc) is 3.12. The summed E-state index contributed by atoms with van der Waals surface area (Å²) in [6.07, 6.45) is 3.82. The van der Waals surface area contributed by atoms with E-state index in [2.05, 4.69) is 55.3 Å². The molecule has 0 unspecified atom stereocenters. The van der Waals surface area contributed by atoms with Crippen LogP contribution in [0.1, 0.15) is 64.1 Å². The van der Waals surface area contributed by atoms with Crippen LogP contribution in [-0.2, 0) is 11.2 Å². The molecular formula is C30H40N2O4. The number of ether oxygens (including phenoxy) is 3. The second-order valence-corrected chi connectivity index (χ2v) is 11.2. The molecule has 6 heteroatoms. The predicted octanol–water partition coefficient (Wildman–Crippen LogP) is 5.98. The van der Waals surface area contributed by atoms with Crippen LogP contribution in [0.15, 0.2) is 36.4 Å². The molecule has 1 aliphatic carbocycles. The highest BCUT2D eigenvalue weighted by Gasteiger charge is 2.42. The molecule has 2 atom stereocenters. The van der Waals surface area contributed by atoms with Gasteiger partial charge in [-0.3, -0.25) is 4.90 Å². The van der Waals surface area contributed by atoms with Gasteiger partial charge in [0.05, 0.1) is 19.3 Å². The Morgan fingerprint density at radius 2 is 1.83 bits per heavy atom. The Balaban J connectivity index is 1.37. The van der Waals surface area contributed by atoms with Gasteiger partial charge in [0, 0.05) is 12.1 Å². The molecule has 1 amide bonds. The summed E-state index contributed by atoms with van der Waals surface area (Å²) in [4.78, 5) is 15.5. The number of nitrogens with zero attached hydrogens (tertiary/aromatic N) is 1. The Labute approximate surface area is 215 Å². The Morgan fingerprint density at radius 3 is 2.47 bits per heavy atom. The van der Waals surface area contributed by atoms with Gasteiger partial charge in [-0.1, -0.05) is 32.9 Å². The Kier molecular flexibility index (Phi) is 7.16. The molecule has 3 fully saturated rings. The maximum atomic E-state index is 13.1. The topological polar surface area (TPSA) is 60.0 Å². The SMILES string of the molecule is CCCOc1ccc(-c2cc3c(cc2OCC)[C@H](NC(=O)O[C@H]2CN4CCC2CC4)C(C)(C)C3)cc1. The minimum absolute atomic E-state index is 0.00197. The predicted molar refractivity (Wildman–Crippen MR) is 142 cm³/mol. The maximum Gasteiger partial charge on any atom is 0.407 e. The summed E-state index contributed by atoms with van der Waals surface area (Å²) in [7, 11) is 0. The fourth-order valence-electron chi connectivity index (χ4n) is 6.13. The molecule has 0 radical (unpaired) electrons. The minimum atomic E-state index is -0.302. The lowest BCUT2D eigenvalue weighted by Crippen LogP contribution is -2.53. The van der Waals surface area contributed by atoms with Crippen LogP contribution >= 0.6 is 0 Å². The van der Waals surface area contributed by atoms with Crippen LogP contribution in [0, 0.1) is 11.3 Å². The van der Waals surface area contributed by atoms with E-state index in [-0.39, 0.29) is 23.7 Å². The number of fused-ring (bicyclic) bond motifs is 4. The van der Waals surface area contributed by atoms with E-state index in [1.54, 1.807) is 0 Å². The number of carbonyl (C=O) groups is 1. The van der Waals surface area contributed by atoms with Gasteiger partial charge in [-0.15, -0.1) is 0 Å². The number of piperidine rings is 3. The van der Waals surface area contributed by atoms with Gasteiger partial charge in [-0.2, -0.15) is 0 Å². The molecule has 3 saturated heterocycles. The first-order valence-electron chi connectivity index (χ1n) is 13.6. The Bertz CT molecular complexity index is 1070. The van der Waals surface area contributed by atoms with Crippen LogP contribution < -0.4 is 14.8 Å². The van der Waals surface area contributed by atoms with Crippen LogP contribution in [-0.4, -0.2) is 49.9 Å². The molecular weight excluding hydrogens is 452 g/mol. The summed E-state index contributed by atoms with van der Waals surface area (Å²) in [5.74, 6) is 2.22. The van der Waals surface area contributed by atoms with Gasteiger partial charge in [0.1, 0.15) is 17.6 Å². The molecule has 0 aromatic heterocycles. The number of nitrogens with one attached hydrogen (secondary N) is 1. The third-order valence-electron chi connectivity index (χ3n) is 8.03. The number of hydrogen-bond donors (Lipinski definition) is 1. The number of hydrogen-bond acceptors (Lipinski definition) is 5. The largest absolute Gasteiger partial charge is 0.494 e. The van der Waals surface area contributed by atoms with Gasteiger partial charge in [0.15, 0.2) is 0 Å². The molecule has 6 rings (SSSR count). The number of alkyl carbamates (subject to hydrolysis) is 1. The number of benzene rings is 2. The first-order chi connectivity index (χ1) is 17.4. The van der Waals surface area contributed by atoms with E-state index in [1.807, 2.05) is 19.1 Å². The minimum Gasteiger partial charge on any atom is -0.494 e. The van der Waals surface area contributed by atoms with Crippen molar-refractivity contribution in [2.75, 3.05) is 32.8 Å². The zero-order chi connectivity index (χ0) is 25.3. The zero-order valence-corrected chi connectivity index (χ0v) is 22.1. The molecule has 3 heterocycles. The Morgan fingerprint density at radius 1 is 1.08 bits per heavy atom. The summed E-state index contributed by atoms with van der Waals surface area (Å²) in [5.41, 5.74) is 4.42. The van der Waals surface area contributed by atoms with Crippen molar-refractivity contribution in [3.05, 3.63) is 47.5 Å². The van der Waals surface area contributed by atoms with E-state index in [9.17, 15) is 4.79 Å². The van der Waals surface area contributed by atoms with E-state index in [0.717, 1.165) is 73.5 Å². The van der Waals surface area contributed by atoms with Crippen LogP contribution in [0.4, 0.5) is 4.79 Å². The first-order valence-corrected chi connectivity index (χ1v) is 13.6. The van der Waals surface area contributed by atoms with E-state index < -0.39 is 0 Å². The van der Waals surface area contributed by atoms with Crippen molar-refractivity contribution in [1.29, 1.82) is 0 Å². The van der Waals surface area contributed by atoms with Crippen molar-refractivity contribution < 1.29 is 19.0 Å². The van der Waals surface area contributed by atoms with E-state index in [1.165, 1.54) is 5.56 Å². The highest BCUT2D eigenvalue weighted by Crippen LogP contribution is 2.49. The van der Waals surface area contributed by atoms with Crippen molar-refractivity contribution >= 4 is 6.09 Å². The summed E-state index contributed by atoms with van der Waals surface area (Å²) in [6.45, 7) is 13.0. The average molecular weight is 493 g/mol. The molecule has 36 heavy (non-hydrogen) atoms. The van der Waals surface area contributed by atoms with Gasteiger partial charge in [0.2, 0.25) is 0 Å². The molecule has 0 spiro atoms. The van der Waals surface area contributed by atoms with Crippen molar-refractivity contribution in [1.82, 2.24) is 10.2 Å². The molecule has 6 nitrogen and oxygen atoms in total. The monoisotopic (exact) mass is 492 g/mol. The number of amides is 1. The summed E-state index contributed by atoms with van der Waals surface area (Å²) in [5, 5.41) is 3.24. The molecule has 2 aromatic carbocycles. The molecule has 194 valence electrons. The standard InChI is InChI=1S/C30H40N2O4/c1-5-15-35-23-9-7-20(8-10-23)24-16-22-18-30(3,4)28(25(22)17-26(24)34-6-2)31-29(33)36-27-19-32-13-11-21(27)12-14-32/h7-10,16-17,21,27-28H,5-6,11-15,18-19H2,1-4H3,(H,31,33)/t27-,28-/m0/s1. The van der Waals surface area contributed by atoms with Gasteiger partial charge in [-0.05, 0) is 98.0 Å². The van der Waals surface area contributed by atoms with E-state index >= 15 is 0 Å². The highest BCUT2D eigenvalue weighted by atomic mass is 16.6. The van der Waals surface area contributed by atoms with Crippen molar-refractivity contribution in [2.24, 2.45) is 11.3 Å². The summed E-state index contributed by atoms with van der Waals surface area (Å²) < 4.78 is 17.8. The summed E-state index contributed by atoms with van der Waals surface area (Å²) in [6, 6.07) is 12.5. The van der Waals surface area contributed by atoms with Crippen LogP contribution in [0.3, 0.4) is 0 Å². The third-order valence-corrected chi connectivity index (χ3v) is 8.03. The fourth-order valence-corrected chi connectivity index (χ4v) is 6.13. The molecule has 2 aromatic rings. The second-order valence-electron chi connectivity index (χ2n) is 11.2. The van der Waals surface area contributed by atoms with E-state index in [4.69, 9.17) is 14.2 Å². The van der Waals surface area contributed by atoms with Crippen molar-refractivity contribution in [3.8, 4) is 22.6 Å². The first kappa shape index (κ1) is 24.9. The lowest BCUT2D eigenvalue weighted by molar-refractivity contribution is -0.0349. The lowest BCUT2D eigenvalue weighted by atomic mass is 9.85. The quantitative estimate of drug-likeness (QED) is 0.491. The maximum absolute atomic E-state index is 13.1. The molecule has 2 bridgehead atoms. The molecule has 4 aliphatic rings. The lowest BCUT2D eigenvalue weighted by Gasteiger charge is -2.44. The molecule has 3 aliphatic heterocycles. The third kappa shape index (κ3) is 5.06. The zero-order valence-electron chi connectivity index (χ0n) is 22.1. The van der Waals surface area contributed by atoms with E-state index in [0.29, 0.717) is 19.1 Å². The highest BCUT2D eigenvalue weighted by molar-refractivity contribution is 5.74. The van der Waals surface area contributed by atoms with Gasteiger partial charge >= 0.3 is 6.09 Å². The van der Waals surface area contributed by atoms with Crippen LogP contribution in [0.5, 0.6) is 11.5 Å². The van der Waals surface area contributed by atoms with Gasteiger partial charge in [-0.25, -0.2) is 4.79 Å². The van der Waals surface area contributed by atoms with Crippen molar-refractivity contribution in [3.63, 3.8) is 0 Å². The summed E-state index contributed by atoms with van der Waals surface area (Å²) >= 11 is 0. The number of rotatable bonds is 8. The smallest absolute Gasteiger partial charge is 0.407 e. The van der Waals surface area contributed by atoms with Gasteiger partial charge < -0.3 is 19.5 Å². The van der Waals surface area contributed by atoms with Crippen LogP contribution in [0.25, 0.3) is 11.1 Å². The molecule has 0 saturated carbocycles. The fraction of sp³-hybridized carbons (Fsp3) is 0.567. The van der Waals surface area contributed by atoms with Crippen LogP contribution in [0.2, 0.25) is 0 Å². The second kappa shape index (κ2) is 10.3. The molecule has 1 N–H and O–H groups in total.